The number of rotatable bonds is 4. The van der Waals surface area contributed by atoms with E-state index in [9.17, 15) is 9.90 Å². The second kappa shape index (κ2) is 5.11. The van der Waals surface area contributed by atoms with Crippen LogP contribution in [0.1, 0.15) is 12.7 Å². The number of amides is 2. The minimum Gasteiger partial charge on any atom is -0.466 e. The first-order valence-corrected chi connectivity index (χ1v) is 5.64. The predicted octanol–water partition coefficient (Wildman–Crippen LogP) is 0.437. The molecule has 2 amide bonds. The van der Waals surface area contributed by atoms with Gasteiger partial charge in [-0.3, -0.25) is 5.32 Å². The number of urea groups is 1. The number of furan rings is 1. The lowest BCUT2D eigenvalue weighted by molar-refractivity contribution is 0.0372. The Morgan fingerprint density at radius 1 is 1.63 bits per heavy atom. The Bertz CT molecular complexity index is 546. The van der Waals surface area contributed by atoms with Crippen molar-refractivity contribution in [3.8, 4) is 0 Å². The lowest BCUT2D eigenvalue weighted by atomic mass is 10.0. The number of carbonyl (C=O) groups excluding carboxylic acids is 1. The van der Waals surface area contributed by atoms with Gasteiger partial charge in [-0.25, -0.2) is 9.48 Å². The number of aromatic nitrogens is 3. The summed E-state index contributed by atoms with van der Waals surface area (Å²) < 4.78 is 6.53. The Kier molecular flexibility index (Phi) is 3.52. The third-order valence-corrected chi connectivity index (χ3v) is 2.58. The second-order valence-corrected chi connectivity index (χ2v) is 4.27. The molecule has 0 unspecified atom stereocenters. The van der Waals surface area contributed by atoms with E-state index < -0.39 is 11.6 Å². The molecular weight excluding hydrogens is 250 g/mol. The van der Waals surface area contributed by atoms with E-state index in [0.29, 0.717) is 11.7 Å². The van der Waals surface area contributed by atoms with Crippen LogP contribution in [0.2, 0.25) is 0 Å². The summed E-state index contributed by atoms with van der Waals surface area (Å²) in [4.78, 5) is 15.5. The van der Waals surface area contributed by atoms with E-state index in [1.165, 1.54) is 17.3 Å². The maximum absolute atomic E-state index is 11.6. The third-order valence-electron chi connectivity index (χ3n) is 2.58. The first-order valence-electron chi connectivity index (χ1n) is 5.64. The molecule has 0 aliphatic carbocycles. The monoisotopic (exact) mass is 265 g/mol. The van der Waals surface area contributed by atoms with Crippen molar-refractivity contribution in [2.45, 2.75) is 12.5 Å². The van der Waals surface area contributed by atoms with Gasteiger partial charge in [-0.15, -0.1) is 0 Å². The first-order chi connectivity index (χ1) is 8.99. The average molecular weight is 265 g/mol. The number of carbonyl (C=O) groups is 1. The number of hydrogen-bond acceptors (Lipinski definition) is 5. The topological polar surface area (TPSA) is 105 Å². The fraction of sp³-hybridized carbons (Fsp3) is 0.364. The summed E-state index contributed by atoms with van der Waals surface area (Å²) in [5.41, 5.74) is -1.28. The van der Waals surface area contributed by atoms with Gasteiger partial charge in [0.25, 0.3) is 0 Å². The van der Waals surface area contributed by atoms with Crippen molar-refractivity contribution in [2.24, 2.45) is 7.05 Å². The fourth-order valence-electron chi connectivity index (χ4n) is 1.48. The summed E-state index contributed by atoms with van der Waals surface area (Å²) in [5, 5.41) is 19.0. The Morgan fingerprint density at radius 3 is 3.00 bits per heavy atom. The van der Waals surface area contributed by atoms with Crippen molar-refractivity contribution >= 4 is 12.0 Å². The summed E-state index contributed by atoms with van der Waals surface area (Å²) in [6.07, 6.45) is 2.79. The number of hydrogen-bond donors (Lipinski definition) is 3. The first kappa shape index (κ1) is 13.1. The van der Waals surface area contributed by atoms with Crippen LogP contribution in [0.5, 0.6) is 0 Å². The van der Waals surface area contributed by atoms with E-state index in [1.54, 1.807) is 26.1 Å². The van der Waals surface area contributed by atoms with Gasteiger partial charge in [0, 0.05) is 7.05 Å². The van der Waals surface area contributed by atoms with Gasteiger partial charge < -0.3 is 14.8 Å². The highest BCUT2D eigenvalue weighted by Crippen LogP contribution is 2.19. The molecule has 2 rings (SSSR count). The molecule has 0 bridgehead atoms. The van der Waals surface area contributed by atoms with E-state index in [1.807, 2.05) is 0 Å². The zero-order valence-electron chi connectivity index (χ0n) is 10.6. The average Bonchev–Trinajstić information content (AvgIpc) is 3.00. The molecule has 8 heteroatoms. The van der Waals surface area contributed by atoms with Gasteiger partial charge in [-0.05, 0) is 19.1 Å². The van der Waals surface area contributed by atoms with Crippen molar-refractivity contribution in [3.63, 3.8) is 0 Å². The van der Waals surface area contributed by atoms with E-state index in [2.05, 4.69) is 20.7 Å². The number of nitrogens with one attached hydrogen (secondary N) is 2. The maximum Gasteiger partial charge on any atom is 0.321 e. The smallest absolute Gasteiger partial charge is 0.321 e. The highest BCUT2D eigenvalue weighted by Gasteiger charge is 2.26. The largest absolute Gasteiger partial charge is 0.466 e. The predicted molar refractivity (Wildman–Crippen MR) is 66.3 cm³/mol. The van der Waals surface area contributed by atoms with Gasteiger partial charge in [-0.1, -0.05) is 0 Å². The Hall–Kier alpha value is -2.35. The van der Waals surface area contributed by atoms with Gasteiger partial charge >= 0.3 is 6.03 Å². The molecule has 102 valence electrons. The number of anilines is 1. The molecule has 2 heterocycles. The molecule has 3 N–H and O–H groups in total. The maximum atomic E-state index is 11.6. The molecule has 19 heavy (non-hydrogen) atoms. The summed E-state index contributed by atoms with van der Waals surface area (Å²) in [5.74, 6) is 0.696. The zero-order valence-corrected chi connectivity index (χ0v) is 10.6. The lowest BCUT2D eigenvalue weighted by Gasteiger charge is -2.21. The van der Waals surface area contributed by atoms with Crippen LogP contribution in [0, 0.1) is 0 Å². The van der Waals surface area contributed by atoms with Gasteiger partial charge in [-0.2, -0.15) is 10.1 Å². The minimum absolute atomic E-state index is 0.00416. The SMILES string of the molecule is Cn1ncnc1NC(=O)NC[C@](C)(O)c1ccco1. The molecule has 2 aromatic rings. The van der Waals surface area contributed by atoms with Crippen molar-refractivity contribution < 1.29 is 14.3 Å². The molecule has 1 atom stereocenters. The summed E-state index contributed by atoms with van der Waals surface area (Å²) >= 11 is 0. The molecule has 0 saturated heterocycles. The quantitative estimate of drug-likeness (QED) is 0.743. The molecule has 0 aliphatic rings. The minimum atomic E-state index is -1.28. The highest BCUT2D eigenvalue weighted by atomic mass is 16.4. The standard InChI is InChI=1S/C11H15N5O3/c1-11(18,8-4-3-5-19-8)6-12-10(17)15-9-13-7-14-16(9)2/h3-5,7,18H,6H2,1-2H3,(H2,12,13,14,15,17)/t11-/m0/s1. The third kappa shape index (κ3) is 3.10. The Labute approximate surface area is 109 Å². The summed E-state index contributed by atoms with van der Waals surface area (Å²) in [6, 6.07) is 2.83. The zero-order chi connectivity index (χ0) is 13.9. The highest BCUT2D eigenvalue weighted by molar-refractivity contribution is 5.87. The molecule has 0 fully saturated rings. The second-order valence-electron chi connectivity index (χ2n) is 4.27. The van der Waals surface area contributed by atoms with Gasteiger partial charge in [0.05, 0.1) is 12.8 Å². The molecule has 2 aromatic heterocycles. The van der Waals surface area contributed by atoms with Gasteiger partial charge in [0.1, 0.15) is 17.7 Å². The summed E-state index contributed by atoms with van der Waals surface area (Å²) in [7, 11) is 1.65. The van der Waals surface area contributed by atoms with Crippen LogP contribution in [0.25, 0.3) is 0 Å². The van der Waals surface area contributed by atoms with Crippen molar-refractivity contribution in [2.75, 3.05) is 11.9 Å². The van der Waals surface area contributed by atoms with Gasteiger partial charge in [0.15, 0.2) is 0 Å². The van der Waals surface area contributed by atoms with Crippen molar-refractivity contribution in [3.05, 3.63) is 30.5 Å². The molecule has 8 nitrogen and oxygen atoms in total. The number of aliphatic hydroxyl groups is 1. The van der Waals surface area contributed by atoms with Crippen LogP contribution in [-0.2, 0) is 12.6 Å². The number of nitrogens with zero attached hydrogens (tertiary/aromatic N) is 3. The van der Waals surface area contributed by atoms with E-state index in [4.69, 9.17) is 4.42 Å². The molecule has 0 spiro atoms. The molecule has 0 aliphatic heterocycles. The van der Waals surface area contributed by atoms with Crippen LogP contribution in [0.3, 0.4) is 0 Å². The van der Waals surface area contributed by atoms with Crippen LogP contribution < -0.4 is 10.6 Å². The fourth-order valence-corrected chi connectivity index (χ4v) is 1.48. The van der Waals surface area contributed by atoms with E-state index >= 15 is 0 Å². The number of aryl methyl sites for hydroxylation is 1. The summed E-state index contributed by atoms with van der Waals surface area (Å²) in [6.45, 7) is 1.55. The molecular formula is C11H15N5O3. The normalized spacial score (nSPS) is 13.8. The van der Waals surface area contributed by atoms with E-state index in [-0.39, 0.29) is 6.54 Å². The Balaban J connectivity index is 1.89. The molecule has 0 aromatic carbocycles. The Morgan fingerprint density at radius 2 is 2.42 bits per heavy atom. The van der Waals surface area contributed by atoms with Crippen LogP contribution in [0.4, 0.5) is 10.7 Å². The molecule has 0 saturated carbocycles. The van der Waals surface area contributed by atoms with Crippen molar-refractivity contribution in [1.29, 1.82) is 0 Å². The van der Waals surface area contributed by atoms with E-state index in [0.717, 1.165) is 0 Å². The van der Waals surface area contributed by atoms with Crippen LogP contribution in [-0.4, -0.2) is 32.4 Å². The van der Waals surface area contributed by atoms with Crippen molar-refractivity contribution in [1.82, 2.24) is 20.1 Å². The lowest BCUT2D eigenvalue weighted by Crippen LogP contribution is -2.40. The van der Waals surface area contributed by atoms with Crippen LogP contribution >= 0.6 is 0 Å². The van der Waals surface area contributed by atoms with Crippen LogP contribution in [0.15, 0.2) is 29.1 Å². The molecule has 0 radical (unpaired) electrons. The van der Waals surface area contributed by atoms with Gasteiger partial charge in [0.2, 0.25) is 5.95 Å².